The van der Waals surface area contributed by atoms with Crippen molar-refractivity contribution < 1.29 is 32.3 Å². The van der Waals surface area contributed by atoms with Crippen LogP contribution in [0.5, 0.6) is 11.5 Å². The number of carbonyl (C=O) groups is 3. The summed E-state index contributed by atoms with van der Waals surface area (Å²) in [5, 5.41) is 2.55. The number of nitrogens with one attached hydrogen (secondary N) is 1. The highest BCUT2D eigenvalue weighted by Gasteiger charge is 2.43. The average molecular weight is 553 g/mol. The summed E-state index contributed by atoms with van der Waals surface area (Å²) in [5.41, 5.74) is 2.04. The molecule has 0 aromatic heterocycles. The molecule has 3 aromatic rings. The molecule has 0 fully saturated rings. The molecule has 4 rings (SSSR count). The lowest BCUT2D eigenvalue weighted by molar-refractivity contribution is -0.114. The van der Waals surface area contributed by atoms with Gasteiger partial charge in [0.15, 0.2) is 11.5 Å². The summed E-state index contributed by atoms with van der Waals surface area (Å²) < 4.78 is 35.3. The van der Waals surface area contributed by atoms with Gasteiger partial charge in [-0.05, 0) is 43.7 Å². The van der Waals surface area contributed by atoms with Gasteiger partial charge in [-0.15, -0.1) is 0 Å². The molecule has 1 atom stereocenters. The van der Waals surface area contributed by atoms with E-state index >= 15 is 0 Å². The molecular weight excluding hydrogens is 520 g/mol. The number of carbonyl (C=O) groups excluding carboxylic acids is 3. The van der Waals surface area contributed by atoms with E-state index in [1.165, 1.54) is 31.7 Å². The zero-order chi connectivity index (χ0) is 28.7. The van der Waals surface area contributed by atoms with Gasteiger partial charge in [0.2, 0.25) is 5.91 Å². The first-order valence-electron chi connectivity index (χ1n) is 12.2. The van der Waals surface area contributed by atoms with Gasteiger partial charge in [0, 0.05) is 13.2 Å². The van der Waals surface area contributed by atoms with Gasteiger partial charge in [-0.3, -0.25) is 19.3 Å². The second-order valence-corrected chi connectivity index (χ2v) is 11.2. The van der Waals surface area contributed by atoms with Gasteiger partial charge in [-0.25, -0.2) is 8.42 Å². The van der Waals surface area contributed by atoms with E-state index in [4.69, 9.17) is 9.47 Å². The Bertz CT molecular complexity index is 1470. The number of methoxy groups -OCH3 is 1. The summed E-state index contributed by atoms with van der Waals surface area (Å²) in [6, 6.07) is 18.4. The van der Waals surface area contributed by atoms with Crippen LogP contribution >= 0.6 is 0 Å². The second-order valence-electron chi connectivity index (χ2n) is 9.00. The zero-order valence-corrected chi connectivity index (χ0v) is 23.4. The summed E-state index contributed by atoms with van der Waals surface area (Å²) in [4.78, 5) is 39.1. The van der Waals surface area contributed by atoms with Crippen LogP contribution in [0, 0.1) is 6.92 Å². The number of aryl methyl sites for hydroxylation is 1. The maximum Gasteiger partial charge on any atom is 0.264 e. The molecule has 39 heavy (non-hydrogen) atoms. The minimum Gasteiger partial charge on any atom is -0.493 e. The van der Waals surface area contributed by atoms with Gasteiger partial charge in [0.25, 0.3) is 11.8 Å². The fourth-order valence-electron chi connectivity index (χ4n) is 4.19. The first-order chi connectivity index (χ1) is 18.5. The van der Waals surface area contributed by atoms with Crippen molar-refractivity contribution in [1.29, 1.82) is 0 Å². The normalized spacial score (nSPS) is 13.2. The third-order valence-corrected chi connectivity index (χ3v) is 6.76. The van der Waals surface area contributed by atoms with E-state index < -0.39 is 39.4 Å². The van der Waals surface area contributed by atoms with E-state index in [2.05, 4.69) is 24.4 Å². The van der Waals surface area contributed by atoms with Crippen LogP contribution in [-0.2, 0) is 14.6 Å². The van der Waals surface area contributed by atoms with Crippen LogP contribution in [0.2, 0.25) is 0 Å². The van der Waals surface area contributed by atoms with E-state index in [1.54, 1.807) is 31.2 Å². The summed E-state index contributed by atoms with van der Waals surface area (Å²) in [5.74, 6) is -1.41. The molecule has 0 aliphatic carbocycles. The lowest BCUT2D eigenvalue weighted by Gasteiger charge is -2.27. The zero-order valence-electron chi connectivity index (χ0n) is 22.6. The van der Waals surface area contributed by atoms with Gasteiger partial charge in [0.05, 0.1) is 42.3 Å². The third-order valence-electron chi connectivity index (χ3n) is 5.84. The number of benzene rings is 3. The standard InChI is InChI=1S/C22H24N2O7S.C7H8/c1-5-31-19-11-14(9-10-18(19)30-3)17(12-32(4,28)29)24-21(26)15-7-6-8-16(23-13(2)25)20(15)22(24)27;1-7-5-3-2-4-6-7/h6-11,17H,5,12H2,1-4H3,(H,23,25);2-6H,1H3/t17-;/m1./s1. The van der Waals surface area contributed by atoms with Crippen LogP contribution in [0.25, 0.3) is 0 Å². The van der Waals surface area contributed by atoms with Gasteiger partial charge >= 0.3 is 0 Å². The van der Waals surface area contributed by atoms with Gasteiger partial charge in [0.1, 0.15) is 9.84 Å². The Morgan fingerprint density at radius 2 is 1.67 bits per heavy atom. The first-order valence-corrected chi connectivity index (χ1v) is 14.3. The molecule has 1 aliphatic heterocycles. The number of hydrogen-bond donors (Lipinski definition) is 1. The number of amides is 3. The van der Waals surface area contributed by atoms with Crippen molar-refractivity contribution in [1.82, 2.24) is 4.90 Å². The molecule has 206 valence electrons. The van der Waals surface area contributed by atoms with E-state index in [0.717, 1.165) is 11.2 Å². The van der Waals surface area contributed by atoms with Crippen LogP contribution in [-0.4, -0.2) is 56.8 Å². The maximum atomic E-state index is 13.3. The molecule has 1 aliphatic rings. The fraction of sp³-hybridized carbons (Fsp3) is 0.276. The third kappa shape index (κ3) is 7.23. The number of nitrogens with zero attached hydrogens (tertiary/aromatic N) is 1. The lowest BCUT2D eigenvalue weighted by Crippen LogP contribution is -2.37. The Labute approximate surface area is 228 Å². The van der Waals surface area contributed by atoms with Crippen molar-refractivity contribution >= 4 is 33.2 Å². The van der Waals surface area contributed by atoms with Crippen LogP contribution in [0.1, 0.15) is 51.7 Å². The monoisotopic (exact) mass is 552 g/mol. The topological polar surface area (TPSA) is 119 Å². The molecule has 1 heterocycles. The Balaban J connectivity index is 0.000000520. The van der Waals surface area contributed by atoms with E-state index in [9.17, 15) is 22.8 Å². The van der Waals surface area contributed by atoms with Gasteiger partial charge in [-0.1, -0.05) is 48.0 Å². The van der Waals surface area contributed by atoms with E-state index in [-0.39, 0.29) is 16.8 Å². The minimum absolute atomic E-state index is 0.0322. The van der Waals surface area contributed by atoms with Gasteiger partial charge < -0.3 is 14.8 Å². The minimum atomic E-state index is -3.60. The maximum absolute atomic E-state index is 13.3. The molecule has 10 heteroatoms. The molecule has 1 N–H and O–H groups in total. The summed E-state index contributed by atoms with van der Waals surface area (Å²) in [7, 11) is -2.13. The largest absolute Gasteiger partial charge is 0.493 e. The smallest absolute Gasteiger partial charge is 0.264 e. The lowest BCUT2D eigenvalue weighted by atomic mass is 10.1. The highest BCUT2D eigenvalue weighted by Crippen LogP contribution is 2.38. The molecule has 3 aromatic carbocycles. The molecule has 0 saturated heterocycles. The van der Waals surface area contributed by atoms with Crippen molar-refractivity contribution in [2.45, 2.75) is 26.8 Å². The number of sulfone groups is 1. The molecule has 3 amide bonds. The van der Waals surface area contributed by atoms with Crippen molar-refractivity contribution in [3.8, 4) is 11.5 Å². The van der Waals surface area contributed by atoms with Crippen molar-refractivity contribution in [2.24, 2.45) is 0 Å². The van der Waals surface area contributed by atoms with Crippen molar-refractivity contribution in [2.75, 3.05) is 31.0 Å². The first kappa shape index (κ1) is 29.4. The molecule has 0 spiro atoms. The Kier molecular flexibility index (Phi) is 9.47. The Hall–Kier alpha value is -4.18. The Morgan fingerprint density at radius 1 is 0.974 bits per heavy atom. The molecule has 0 bridgehead atoms. The molecule has 0 saturated carbocycles. The summed E-state index contributed by atoms with van der Waals surface area (Å²) >= 11 is 0. The van der Waals surface area contributed by atoms with Crippen LogP contribution in [0.3, 0.4) is 0 Å². The highest BCUT2D eigenvalue weighted by molar-refractivity contribution is 7.90. The number of imide groups is 1. The van der Waals surface area contributed by atoms with Gasteiger partial charge in [-0.2, -0.15) is 0 Å². The number of rotatable bonds is 8. The van der Waals surface area contributed by atoms with Crippen molar-refractivity contribution in [3.63, 3.8) is 0 Å². The summed E-state index contributed by atoms with van der Waals surface area (Å²) in [6.07, 6.45) is 1.04. The Morgan fingerprint density at radius 3 is 2.21 bits per heavy atom. The second kappa shape index (κ2) is 12.6. The quantitative estimate of drug-likeness (QED) is 0.411. The molecule has 9 nitrogen and oxygen atoms in total. The predicted octanol–water partition coefficient (Wildman–Crippen LogP) is 4.43. The fourth-order valence-corrected chi connectivity index (χ4v) is 5.11. The van der Waals surface area contributed by atoms with Crippen molar-refractivity contribution in [3.05, 3.63) is 89.0 Å². The average Bonchev–Trinajstić information content (AvgIpc) is 3.13. The molecule has 0 unspecified atom stereocenters. The highest BCUT2D eigenvalue weighted by atomic mass is 32.2. The number of ether oxygens (including phenoxy) is 2. The van der Waals surface area contributed by atoms with E-state index in [1.807, 2.05) is 18.2 Å². The number of anilines is 1. The molecule has 0 radical (unpaired) electrons. The number of hydrogen-bond acceptors (Lipinski definition) is 7. The summed E-state index contributed by atoms with van der Waals surface area (Å²) in [6.45, 7) is 5.49. The molecular formula is C29H32N2O7S. The van der Waals surface area contributed by atoms with Crippen LogP contribution in [0.4, 0.5) is 5.69 Å². The SMILES string of the molecule is CCOc1cc([C@@H](CS(C)(=O)=O)N2C(=O)c3cccc(NC(C)=O)c3C2=O)ccc1OC.Cc1ccccc1. The van der Waals surface area contributed by atoms with Crippen LogP contribution in [0.15, 0.2) is 66.7 Å². The predicted molar refractivity (Wildman–Crippen MR) is 149 cm³/mol. The van der Waals surface area contributed by atoms with Crippen LogP contribution < -0.4 is 14.8 Å². The number of fused-ring (bicyclic) bond motifs is 1. The van der Waals surface area contributed by atoms with E-state index in [0.29, 0.717) is 23.7 Å².